The van der Waals surface area contributed by atoms with E-state index in [4.69, 9.17) is 0 Å². The van der Waals surface area contributed by atoms with E-state index in [-0.39, 0.29) is 11.2 Å². The summed E-state index contributed by atoms with van der Waals surface area (Å²) in [6.07, 6.45) is 3.98. The van der Waals surface area contributed by atoms with Crippen LogP contribution in [0, 0.1) is 5.41 Å². The molecule has 1 unspecified atom stereocenters. The highest BCUT2D eigenvalue weighted by Gasteiger charge is 2.24. The van der Waals surface area contributed by atoms with Crippen LogP contribution >= 0.6 is 0 Å². The van der Waals surface area contributed by atoms with Crippen LogP contribution in [0.15, 0.2) is 16.6 Å². The third kappa shape index (κ3) is 3.01. The van der Waals surface area contributed by atoms with Crippen LogP contribution in [0.5, 0.6) is 0 Å². The Morgan fingerprint density at radius 2 is 2.13 bits per heavy atom. The lowest BCUT2D eigenvalue weighted by Crippen LogP contribution is -2.24. The highest BCUT2D eigenvalue weighted by Crippen LogP contribution is 2.32. The number of carbonyl (C=O) groups is 1. The van der Waals surface area contributed by atoms with Gasteiger partial charge in [0.1, 0.15) is 5.71 Å². The van der Waals surface area contributed by atoms with Crippen LogP contribution in [-0.2, 0) is 4.79 Å². The molecule has 1 aliphatic rings. The van der Waals surface area contributed by atoms with Crippen LogP contribution in [0.3, 0.4) is 0 Å². The predicted octanol–water partition coefficient (Wildman–Crippen LogP) is 3.17. The molecule has 2 nitrogen and oxygen atoms in total. The second-order valence-corrected chi connectivity index (χ2v) is 5.26. The summed E-state index contributed by atoms with van der Waals surface area (Å²) in [4.78, 5) is 15.8. The highest BCUT2D eigenvalue weighted by molar-refractivity contribution is 6.43. The lowest BCUT2D eigenvalue weighted by molar-refractivity contribution is -0.111. The van der Waals surface area contributed by atoms with Gasteiger partial charge in [-0.05, 0) is 24.3 Å². The molecule has 0 amide bonds. The van der Waals surface area contributed by atoms with Crippen LogP contribution in [-0.4, -0.2) is 17.5 Å². The molecule has 0 aliphatic carbocycles. The Bertz CT molecular complexity index is 318. The van der Waals surface area contributed by atoms with Gasteiger partial charge in [0.05, 0.1) is 6.04 Å². The standard InChI is InChI=1S/C13H21NO/c1-6-11-7-10(13(3,4)5)8-12(14-11)9(2)15/h8,11H,6-7H2,1-5H3. The molecular weight excluding hydrogens is 186 g/mol. The Labute approximate surface area is 92.5 Å². The van der Waals surface area contributed by atoms with E-state index in [1.54, 1.807) is 6.92 Å². The molecule has 1 heterocycles. The number of aliphatic imine (C=N–C) groups is 1. The van der Waals surface area contributed by atoms with Crippen molar-refractivity contribution in [3.63, 3.8) is 0 Å². The minimum absolute atomic E-state index is 0.0786. The Hall–Kier alpha value is -0.920. The lowest BCUT2D eigenvalue weighted by Gasteiger charge is -2.28. The molecule has 0 saturated heterocycles. The van der Waals surface area contributed by atoms with E-state index in [2.05, 4.69) is 32.7 Å². The predicted molar refractivity (Wildman–Crippen MR) is 64.4 cm³/mol. The number of allylic oxidation sites excluding steroid dienone is 1. The maximum atomic E-state index is 11.4. The van der Waals surface area contributed by atoms with Gasteiger partial charge in [0, 0.05) is 6.92 Å². The number of carbonyl (C=O) groups excluding carboxylic acids is 1. The average Bonchev–Trinajstić information content (AvgIpc) is 2.15. The molecule has 1 aliphatic heterocycles. The number of nitrogens with zero attached hydrogens (tertiary/aromatic N) is 1. The number of hydrogen-bond donors (Lipinski definition) is 0. The Morgan fingerprint density at radius 3 is 2.53 bits per heavy atom. The molecule has 1 rings (SSSR count). The molecule has 0 spiro atoms. The molecule has 0 aromatic carbocycles. The zero-order valence-electron chi connectivity index (χ0n) is 10.4. The fraction of sp³-hybridized carbons (Fsp3) is 0.692. The SMILES string of the molecule is CCC1CC(C(C)(C)C)=CC(C(C)=O)=N1. The maximum Gasteiger partial charge on any atom is 0.177 e. The highest BCUT2D eigenvalue weighted by atomic mass is 16.1. The van der Waals surface area contributed by atoms with E-state index in [0.29, 0.717) is 11.8 Å². The zero-order valence-corrected chi connectivity index (χ0v) is 10.4. The molecule has 15 heavy (non-hydrogen) atoms. The number of dihydropyridines is 1. The number of hydrogen-bond acceptors (Lipinski definition) is 2. The van der Waals surface area contributed by atoms with E-state index in [9.17, 15) is 4.79 Å². The van der Waals surface area contributed by atoms with Gasteiger partial charge in [-0.1, -0.05) is 33.3 Å². The molecule has 84 valence electrons. The summed E-state index contributed by atoms with van der Waals surface area (Å²) in [7, 11) is 0. The van der Waals surface area contributed by atoms with Gasteiger partial charge in [-0.15, -0.1) is 0 Å². The van der Waals surface area contributed by atoms with Crippen molar-refractivity contribution in [3.05, 3.63) is 11.6 Å². The molecule has 0 saturated carbocycles. The van der Waals surface area contributed by atoms with Gasteiger partial charge in [0.25, 0.3) is 0 Å². The third-order valence-electron chi connectivity index (χ3n) is 2.88. The van der Waals surface area contributed by atoms with Gasteiger partial charge < -0.3 is 0 Å². The number of ketones is 1. The summed E-state index contributed by atoms with van der Waals surface area (Å²) in [5.41, 5.74) is 2.14. The minimum atomic E-state index is 0.0786. The second kappa shape index (κ2) is 4.30. The fourth-order valence-electron chi connectivity index (χ4n) is 1.71. The normalized spacial score (nSPS) is 22.1. The van der Waals surface area contributed by atoms with E-state index in [0.717, 1.165) is 12.8 Å². The lowest BCUT2D eigenvalue weighted by atomic mass is 9.80. The Kier molecular flexibility index (Phi) is 3.48. The van der Waals surface area contributed by atoms with Crippen LogP contribution in [0.2, 0.25) is 0 Å². The van der Waals surface area contributed by atoms with Crippen molar-refractivity contribution in [2.45, 2.75) is 53.5 Å². The van der Waals surface area contributed by atoms with Crippen LogP contribution in [0.25, 0.3) is 0 Å². The second-order valence-electron chi connectivity index (χ2n) is 5.26. The Balaban J connectivity index is 3.02. The molecule has 0 radical (unpaired) electrons. The van der Waals surface area contributed by atoms with Gasteiger partial charge in [-0.2, -0.15) is 0 Å². The first-order chi connectivity index (χ1) is 6.84. The largest absolute Gasteiger partial charge is 0.293 e. The van der Waals surface area contributed by atoms with E-state index in [1.165, 1.54) is 5.57 Å². The maximum absolute atomic E-state index is 11.4. The Morgan fingerprint density at radius 1 is 1.53 bits per heavy atom. The zero-order chi connectivity index (χ0) is 11.6. The summed E-state index contributed by atoms with van der Waals surface area (Å²) in [5.74, 6) is 0.0786. The molecule has 0 bridgehead atoms. The average molecular weight is 207 g/mol. The first kappa shape index (κ1) is 12.2. The van der Waals surface area contributed by atoms with Crippen molar-refractivity contribution in [2.24, 2.45) is 10.4 Å². The van der Waals surface area contributed by atoms with E-state index in [1.807, 2.05) is 6.08 Å². The summed E-state index contributed by atoms with van der Waals surface area (Å²) in [5, 5.41) is 0. The molecule has 0 aromatic rings. The van der Waals surface area contributed by atoms with Gasteiger partial charge in [0.15, 0.2) is 5.78 Å². The van der Waals surface area contributed by atoms with Gasteiger partial charge in [0.2, 0.25) is 0 Å². The molecule has 0 aromatic heterocycles. The van der Waals surface area contributed by atoms with Crippen LogP contribution in [0.1, 0.15) is 47.5 Å². The first-order valence-electron chi connectivity index (χ1n) is 5.64. The minimum Gasteiger partial charge on any atom is -0.293 e. The van der Waals surface area contributed by atoms with Gasteiger partial charge in [-0.3, -0.25) is 9.79 Å². The topological polar surface area (TPSA) is 29.4 Å². The van der Waals surface area contributed by atoms with Crippen LogP contribution in [0.4, 0.5) is 0 Å². The van der Waals surface area contributed by atoms with Crippen molar-refractivity contribution in [1.82, 2.24) is 0 Å². The van der Waals surface area contributed by atoms with E-state index < -0.39 is 0 Å². The monoisotopic (exact) mass is 207 g/mol. The molecule has 0 N–H and O–H groups in total. The summed E-state index contributed by atoms with van der Waals surface area (Å²) in [6.45, 7) is 10.3. The van der Waals surface area contributed by atoms with Crippen molar-refractivity contribution in [2.75, 3.05) is 0 Å². The summed E-state index contributed by atoms with van der Waals surface area (Å²) >= 11 is 0. The number of Topliss-reactive ketones (excluding diaryl/α,β-unsaturated/α-hetero) is 1. The van der Waals surface area contributed by atoms with Gasteiger partial charge in [-0.25, -0.2) is 0 Å². The first-order valence-corrected chi connectivity index (χ1v) is 5.64. The quantitative estimate of drug-likeness (QED) is 0.684. The molecule has 2 heteroatoms. The summed E-state index contributed by atoms with van der Waals surface area (Å²) in [6, 6.07) is 0.295. The van der Waals surface area contributed by atoms with Crippen LogP contribution < -0.4 is 0 Å². The smallest absolute Gasteiger partial charge is 0.177 e. The number of rotatable bonds is 2. The van der Waals surface area contributed by atoms with E-state index >= 15 is 0 Å². The van der Waals surface area contributed by atoms with Crippen molar-refractivity contribution in [1.29, 1.82) is 0 Å². The van der Waals surface area contributed by atoms with Gasteiger partial charge >= 0.3 is 0 Å². The molecule has 0 fully saturated rings. The fourth-order valence-corrected chi connectivity index (χ4v) is 1.71. The third-order valence-corrected chi connectivity index (χ3v) is 2.88. The molecular formula is C13H21NO. The van der Waals surface area contributed by atoms with Crippen molar-refractivity contribution in [3.8, 4) is 0 Å². The molecule has 1 atom stereocenters. The summed E-state index contributed by atoms with van der Waals surface area (Å²) < 4.78 is 0. The van der Waals surface area contributed by atoms with Crippen molar-refractivity contribution >= 4 is 11.5 Å². The van der Waals surface area contributed by atoms with Crippen molar-refractivity contribution < 1.29 is 4.79 Å².